The number of nitrogens with zero attached hydrogens (tertiary/aromatic N) is 2. The number of methoxy groups -OCH3 is 1. The van der Waals surface area contributed by atoms with Gasteiger partial charge in [0.2, 0.25) is 11.8 Å². The maximum absolute atomic E-state index is 13.3. The lowest BCUT2D eigenvalue weighted by Crippen LogP contribution is -2.37. The summed E-state index contributed by atoms with van der Waals surface area (Å²) in [7, 11) is 1.54. The lowest BCUT2D eigenvalue weighted by Gasteiger charge is -2.31. The highest BCUT2D eigenvalue weighted by Gasteiger charge is 2.36. The lowest BCUT2D eigenvalue weighted by molar-refractivity contribution is -0.137. The van der Waals surface area contributed by atoms with Crippen molar-refractivity contribution in [3.8, 4) is 5.75 Å². The molecule has 0 bridgehead atoms. The summed E-state index contributed by atoms with van der Waals surface area (Å²) in [5, 5.41) is 2.65. The molecule has 1 N–H and O–H groups in total. The van der Waals surface area contributed by atoms with E-state index in [1.807, 2.05) is 4.90 Å². The Hall–Kier alpha value is -3.27. The number of alkyl halides is 3. The first-order valence-electron chi connectivity index (χ1n) is 10.6. The molecule has 33 heavy (non-hydrogen) atoms. The van der Waals surface area contributed by atoms with Gasteiger partial charge >= 0.3 is 6.18 Å². The molecule has 2 aromatic carbocycles. The Kier molecular flexibility index (Phi) is 6.46. The van der Waals surface area contributed by atoms with Crippen molar-refractivity contribution in [1.29, 1.82) is 0 Å². The van der Waals surface area contributed by atoms with Crippen molar-refractivity contribution in [1.82, 2.24) is 0 Å². The molecule has 7 nitrogen and oxygen atoms in total. The van der Waals surface area contributed by atoms with Gasteiger partial charge in [0.05, 0.1) is 43.2 Å². The summed E-state index contributed by atoms with van der Waals surface area (Å²) in [4.78, 5) is 28.9. The monoisotopic (exact) mass is 463 g/mol. The fraction of sp³-hybridized carbons (Fsp3) is 0.391. The van der Waals surface area contributed by atoms with Crippen molar-refractivity contribution >= 4 is 28.9 Å². The Morgan fingerprint density at radius 3 is 2.45 bits per heavy atom. The van der Waals surface area contributed by atoms with Gasteiger partial charge in [-0.2, -0.15) is 13.2 Å². The number of benzene rings is 2. The number of ether oxygens (including phenoxy) is 2. The summed E-state index contributed by atoms with van der Waals surface area (Å²) in [6.45, 7) is 2.04. The molecule has 1 atom stereocenters. The van der Waals surface area contributed by atoms with Gasteiger partial charge in [-0.25, -0.2) is 0 Å². The topological polar surface area (TPSA) is 71.1 Å². The molecule has 10 heteroatoms. The highest BCUT2D eigenvalue weighted by atomic mass is 19.4. The Balaban J connectivity index is 1.53. The number of halogens is 3. The van der Waals surface area contributed by atoms with Gasteiger partial charge in [0.25, 0.3) is 0 Å². The number of amides is 2. The van der Waals surface area contributed by atoms with Gasteiger partial charge in [0, 0.05) is 31.7 Å². The van der Waals surface area contributed by atoms with Gasteiger partial charge in [-0.05, 0) is 42.5 Å². The van der Waals surface area contributed by atoms with E-state index in [2.05, 4.69) is 5.32 Å². The molecule has 2 aliphatic rings. The minimum Gasteiger partial charge on any atom is -0.497 e. The first kappa shape index (κ1) is 22.9. The number of rotatable bonds is 5. The molecule has 0 spiro atoms. The first-order chi connectivity index (χ1) is 15.8. The minimum atomic E-state index is -4.54. The number of anilines is 3. The second kappa shape index (κ2) is 9.30. The van der Waals surface area contributed by atoms with Crippen LogP contribution in [0.1, 0.15) is 12.0 Å². The molecule has 4 rings (SSSR count). The predicted octanol–water partition coefficient (Wildman–Crippen LogP) is 3.54. The molecule has 2 amide bonds. The van der Waals surface area contributed by atoms with Gasteiger partial charge < -0.3 is 24.6 Å². The summed E-state index contributed by atoms with van der Waals surface area (Å²) < 4.78 is 50.4. The second-order valence-corrected chi connectivity index (χ2v) is 7.92. The fourth-order valence-electron chi connectivity index (χ4n) is 4.02. The summed E-state index contributed by atoms with van der Waals surface area (Å²) >= 11 is 0. The molecule has 0 radical (unpaired) electrons. The SMILES string of the molecule is COc1ccc(N2CC(C(=O)Nc3cc(C(F)(F)F)ccc3N3CCOCC3)CC2=O)cc1. The van der Waals surface area contributed by atoms with Crippen molar-refractivity contribution in [2.45, 2.75) is 12.6 Å². The molecule has 0 saturated carbocycles. The third-order valence-electron chi connectivity index (χ3n) is 5.81. The smallest absolute Gasteiger partial charge is 0.416 e. The summed E-state index contributed by atoms with van der Waals surface area (Å²) in [6, 6.07) is 10.2. The van der Waals surface area contributed by atoms with Crippen molar-refractivity contribution in [3.05, 3.63) is 48.0 Å². The third-order valence-corrected chi connectivity index (χ3v) is 5.81. The molecular weight excluding hydrogens is 439 g/mol. The van der Waals surface area contributed by atoms with E-state index >= 15 is 0 Å². The molecule has 2 fully saturated rings. The minimum absolute atomic E-state index is 0.0241. The standard InChI is InChI=1S/C23H24F3N3O4/c1-32-18-5-3-17(4-6-18)29-14-15(12-21(29)30)22(31)27-19-13-16(23(24,25)26)2-7-20(19)28-8-10-33-11-9-28/h2-7,13,15H,8-12,14H2,1H3,(H,27,31). The Morgan fingerprint density at radius 1 is 1.12 bits per heavy atom. The van der Waals surface area contributed by atoms with Crippen LogP contribution in [0.3, 0.4) is 0 Å². The summed E-state index contributed by atoms with van der Waals surface area (Å²) in [5.74, 6) is -0.766. The van der Waals surface area contributed by atoms with Crippen molar-refractivity contribution < 1.29 is 32.2 Å². The number of carbonyl (C=O) groups is 2. The van der Waals surface area contributed by atoms with E-state index < -0.39 is 23.6 Å². The second-order valence-electron chi connectivity index (χ2n) is 7.92. The van der Waals surface area contributed by atoms with Crippen LogP contribution in [0.25, 0.3) is 0 Å². The number of hydrogen-bond acceptors (Lipinski definition) is 5. The highest BCUT2D eigenvalue weighted by Crippen LogP contribution is 2.36. The van der Waals surface area contributed by atoms with Gasteiger partial charge in [0.1, 0.15) is 5.75 Å². The molecule has 2 aromatic rings. The summed E-state index contributed by atoms with van der Waals surface area (Å²) in [5.41, 5.74) is 0.351. The molecule has 1 unspecified atom stereocenters. The van der Waals surface area contributed by atoms with E-state index in [-0.39, 0.29) is 24.6 Å². The van der Waals surface area contributed by atoms with E-state index in [9.17, 15) is 22.8 Å². The van der Waals surface area contributed by atoms with Gasteiger partial charge in [-0.3, -0.25) is 9.59 Å². The van der Waals surface area contributed by atoms with Crippen LogP contribution >= 0.6 is 0 Å². The average Bonchev–Trinajstić information content (AvgIpc) is 3.21. The highest BCUT2D eigenvalue weighted by molar-refractivity contribution is 6.04. The molecule has 176 valence electrons. The van der Waals surface area contributed by atoms with Crippen LogP contribution in [0.4, 0.5) is 30.2 Å². The van der Waals surface area contributed by atoms with E-state index in [0.717, 1.165) is 12.1 Å². The third kappa shape index (κ3) is 5.05. The zero-order valence-electron chi connectivity index (χ0n) is 18.0. The first-order valence-corrected chi connectivity index (χ1v) is 10.6. The van der Waals surface area contributed by atoms with Crippen LogP contribution in [0, 0.1) is 5.92 Å². The largest absolute Gasteiger partial charge is 0.497 e. The number of nitrogens with one attached hydrogen (secondary N) is 1. The zero-order valence-corrected chi connectivity index (χ0v) is 18.0. The van der Waals surface area contributed by atoms with Gasteiger partial charge in [-0.15, -0.1) is 0 Å². The molecule has 2 aliphatic heterocycles. The van der Waals surface area contributed by atoms with Crippen LogP contribution in [0.5, 0.6) is 5.75 Å². The summed E-state index contributed by atoms with van der Waals surface area (Å²) in [6.07, 6.45) is -4.57. The maximum Gasteiger partial charge on any atom is 0.416 e. The quantitative estimate of drug-likeness (QED) is 0.735. The van der Waals surface area contributed by atoms with Crippen LogP contribution in [0.15, 0.2) is 42.5 Å². The normalized spacial score (nSPS) is 19.0. The van der Waals surface area contributed by atoms with Crippen molar-refractivity contribution in [2.24, 2.45) is 5.92 Å². The van der Waals surface area contributed by atoms with Crippen molar-refractivity contribution in [2.75, 3.05) is 55.1 Å². The zero-order chi connectivity index (χ0) is 23.6. The van der Waals surface area contributed by atoms with E-state index in [0.29, 0.717) is 43.4 Å². The molecule has 2 heterocycles. The maximum atomic E-state index is 13.3. The predicted molar refractivity (Wildman–Crippen MR) is 117 cm³/mol. The van der Waals surface area contributed by atoms with E-state index in [4.69, 9.17) is 9.47 Å². The molecule has 0 aromatic heterocycles. The Morgan fingerprint density at radius 2 is 1.82 bits per heavy atom. The molecular formula is C23H24F3N3O4. The van der Waals surface area contributed by atoms with E-state index in [1.165, 1.54) is 18.1 Å². The lowest BCUT2D eigenvalue weighted by atomic mass is 10.1. The van der Waals surface area contributed by atoms with Gasteiger partial charge in [-0.1, -0.05) is 0 Å². The Labute approximate surface area is 189 Å². The fourth-order valence-corrected chi connectivity index (χ4v) is 4.02. The number of carbonyl (C=O) groups excluding carboxylic acids is 2. The average molecular weight is 463 g/mol. The van der Waals surface area contributed by atoms with Crippen LogP contribution < -0.4 is 19.9 Å². The van der Waals surface area contributed by atoms with Gasteiger partial charge in [0.15, 0.2) is 0 Å². The van der Waals surface area contributed by atoms with Crippen LogP contribution in [0.2, 0.25) is 0 Å². The van der Waals surface area contributed by atoms with Crippen molar-refractivity contribution in [3.63, 3.8) is 0 Å². The molecule has 2 saturated heterocycles. The van der Waals surface area contributed by atoms with E-state index in [1.54, 1.807) is 24.3 Å². The molecule has 0 aliphatic carbocycles. The number of morpholine rings is 1. The van der Waals surface area contributed by atoms with Crippen LogP contribution in [-0.4, -0.2) is 51.8 Å². The Bertz CT molecular complexity index is 1020. The number of hydrogen-bond donors (Lipinski definition) is 1. The van der Waals surface area contributed by atoms with Crippen LogP contribution in [-0.2, 0) is 20.5 Å².